The molecule has 1 fully saturated rings. The lowest BCUT2D eigenvalue weighted by Gasteiger charge is -2.32. The first-order valence-corrected chi connectivity index (χ1v) is 14.6. The van der Waals surface area contributed by atoms with Crippen molar-refractivity contribution in [2.24, 2.45) is 11.0 Å². The monoisotopic (exact) mass is 593 g/mol. The first kappa shape index (κ1) is 28.2. The number of ether oxygens (including phenoxy) is 1. The maximum absolute atomic E-state index is 6.01. The second-order valence-electron chi connectivity index (χ2n) is 10.3. The van der Waals surface area contributed by atoms with Gasteiger partial charge in [-0.25, -0.2) is 5.43 Å². The Labute approximate surface area is 255 Å². The van der Waals surface area contributed by atoms with Crippen molar-refractivity contribution in [1.82, 2.24) is 15.0 Å². The molecule has 0 amide bonds. The Hall–Kier alpha value is -4.89. The van der Waals surface area contributed by atoms with Crippen LogP contribution in [0.25, 0.3) is 11.3 Å². The highest BCUT2D eigenvalue weighted by Gasteiger charge is 2.22. The second-order valence-corrected chi connectivity index (χ2v) is 10.8. The molecule has 0 aliphatic carbocycles. The maximum atomic E-state index is 6.01. The summed E-state index contributed by atoms with van der Waals surface area (Å²) in [6.07, 6.45) is 4.81. The van der Waals surface area contributed by atoms with Crippen LogP contribution < -0.4 is 20.4 Å². The maximum Gasteiger partial charge on any atom is 0.250 e. The largest absolute Gasteiger partial charge is 0.497 e. The van der Waals surface area contributed by atoms with Gasteiger partial charge in [0.15, 0.2) is 0 Å². The molecule has 6 rings (SSSR count). The highest BCUT2D eigenvalue weighted by Crippen LogP contribution is 2.27. The Morgan fingerprint density at radius 2 is 1.65 bits per heavy atom. The van der Waals surface area contributed by atoms with E-state index in [-0.39, 0.29) is 0 Å². The van der Waals surface area contributed by atoms with Gasteiger partial charge in [0.2, 0.25) is 17.8 Å². The Morgan fingerprint density at radius 1 is 0.907 bits per heavy atom. The average molecular weight is 594 g/mol. The average Bonchev–Trinajstić information content (AvgIpc) is 3.51. The summed E-state index contributed by atoms with van der Waals surface area (Å²) in [5, 5.41) is 8.31. The number of nitrogens with one attached hydrogen (secondary N) is 2. The smallest absolute Gasteiger partial charge is 0.250 e. The number of nitrogens with zero attached hydrogens (tertiary/aromatic N) is 5. The van der Waals surface area contributed by atoms with Gasteiger partial charge in [0.1, 0.15) is 17.3 Å². The van der Waals surface area contributed by atoms with Gasteiger partial charge in [-0.1, -0.05) is 41.9 Å². The van der Waals surface area contributed by atoms with E-state index in [0.717, 1.165) is 55.1 Å². The lowest BCUT2D eigenvalue weighted by molar-refractivity contribution is 0.400. The number of benzene rings is 3. The minimum atomic E-state index is 0.327. The number of anilines is 4. The molecule has 1 aliphatic heterocycles. The van der Waals surface area contributed by atoms with E-state index in [1.807, 2.05) is 60.7 Å². The predicted octanol–water partition coefficient (Wildman–Crippen LogP) is 7.44. The number of hydrazone groups is 1. The van der Waals surface area contributed by atoms with E-state index in [0.29, 0.717) is 34.5 Å². The molecule has 2 aromatic heterocycles. The first-order valence-electron chi connectivity index (χ1n) is 14.2. The summed E-state index contributed by atoms with van der Waals surface area (Å²) in [5.74, 6) is 4.06. The molecule has 10 heteroatoms. The zero-order chi connectivity index (χ0) is 29.4. The van der Waals surface area contributed by atoms with Crippen LogP contribution in [0.5, 0.6) is 5.75 Å². The van der Waals surface area contributed by atoms with E-state index in [1.54, 1.807) is 13.3 Å². The SMILES string of the molecule is COc1ccc(Nc2nc(N/N=C\c3ccc(-c4ccc(Cl)cc4)o3)nc(N3CCC(Cc4ccccc4)CC3)n2)cc1. The van der Waals surface area contributed by atoms with Gasteiger partial charge in [0.05, 0.1) is 13.3 Å². The van der Waals surface area contributed by atoms with Crippen LogP contribution in [-0.4, -0.2) is 41.4 Å². The van der Waals surface area contributed by atoms with Crippen LogP contribution in [-0.2, 0) is 6.42 Å². The van der Waals surface area contributed by atoms with Crippen LogP contribution >= 0.6 is 11.6 Å². The second kappa shape index (κ2) is 13.4. The van der Waals surface area contributed by atoms with Crippen LogP contribution in [0, 0.1) is 5.92 Å². The number of piperidine rings is 1. The molecule has 43 heavy (non-hydrogen) atoms. The molecule has 0 saturated carbocycles. The van der Waals surface area contributed by atoms with Gasteiger partial charge in [-0.15, -0.1) is 0 Å². The molecular formula is C33H32ClN7O2. The Kier molecular flexibility index (Phi) is 8.80. The van der Waals surface area contributed by atoms with E-state index in [1.165, 1.54) is 5.56 Å². The summed E-state index contributed by atoms with van der Waals surface area (Å²) in [7, 11) is 1.64. The van der Waals surface area contributed by atoms with Gasteiger partial charge in [0.25, 0.3) is 0 Å². The molecule has 0 radical (unpaired) electrons. The molecule has 3 aromatic carbocycles. The van der Waals surface area contributed by atoms with Crippen LogP contribution in [0.4, 0.5) is 23.5 Å². The van der Waals surface area contributed by atoms with Crippen molar-refractivity contribution in [3.8, 4) is 17.1 Å². The molecule has 3 heterocycles. The predicted molar refractivity (Wildman–Crippen MR) is 172 cm³/mol. The molecule has 1 aliphatic rings. The Balaban J connectivity index is 1.17. The Morgan fingerprint density at radius 3 is 2.40 bits per heavy atom. The van der Waals surface area contributed by atoms with Gasteiger partial charge in [-0.3, -0.25) is 0 Å². The van der Waals surface area contributed by atoms with Gasteiger partial charge < -0.3 is 19.4 Å². The molecule has 0 bridgehead atoms. The van der Waals surface area contributed by atoms with Crippen LogP contribution in [0.2, 0.25) is 5.02 Å². The zero-order valence-corrected chi connectivity index (χ0v) is 24.5. The number of rotatable bonds is 10. The molecule has 5 aromatic rings. The van der Waals surface area contributed by atoms with Crippen molar-refractivity contribution in [3.63, 3.8) is 0 Å². The number of halogens is 1. The number of furan rings is 1. The quantitative estimate of drug-likeness (QED) is 0.127. The highest BCUT2D eigenvalue weighted by atomic mass is 35.5. The number of aromatic nitrogens is 3. The highest BCUT2D eigenvalue weighted by molar-refractivity contribution is 6.30. The van der Waals surface area contributed by atoms with E-state index in [9.17, 15) is 0 Å². The molecule has 9 nitrogen and oxygen atoms in total. The molecule has 0 spiro atoms. The minimum Gasteiger partial charge on any atom is -0.497 e. The summed E-state index contributed by atoms with van der Waals surface area (Å²) < 4.78 is 11.2. The van der Waals surface area contributed by atoms with E-state index in [4.69, 9.17) is 30.7 Å². The summed E-state index contributed by atoms with van der Waals surface area (Å²) in [6, 6.07) is 29.5. The molecule has 0 unspecified atom stereocenters. The van der Waals surface area contributed by atoms with Gasteiger partial charge in [0, 0.05) is 29.4 Å². The molecule has 2 N–H and O–H groups in total. The lowest BCUT2D eigenvalue weighted by Crippen LogP contribution is -2.35. The standard InChI is InChI=1S/C33H32ClN7O2/c1-42-28-13-11-27(12-14-28)36-31-37-32(40-35-22-29-15-16-30(43-29)25-7-9-26(34)10-8-25)39-33(38-31)41-19-17-24(18-20-41)21-23-5-3-2-4-6-23/h2-16,22,24H,17-21H2,1H3,(H2,36,37,38,39,40)/b35-22-. The fraction of sp³-hybridized carbons (Fsp3) is 0.212. The van der Waals surface area contributed by atoms with E-state index >= 15 is 0 Å². The van der Waals surface area contributed by atoms with Crippen molar-refractivity contribution < 1.29 is 9.15 Å². The first-order chi connectivity index (χ1) is 21.1. The van der Waals surface area contributed by atoms with Gasteiger partial charge >= 0.3 is 0 Å². The van der Waals surface area contributed by atoms with Crippen molar-refractivity contribution in [2.45, 2.75) is 19.3 Å². The van der Waals surface area contributed by atoms with Crippen molar-refractivity contribution in [1.29, 1.82) is 0 Å². The van der Waals surface area contributed by atoms with Crippen molar-refractivity contribution in [3.05, 3.63) is 107 Å². The van der Waals surface area contributed by atoms with Gasteiger partial charge in [-0.05, 0) is 91.4 Å². The van der Waals surface area contributed by atoms with Crippen LogP contribution in [0.1, 0.15) is 24.2 Å². The zero-order valence-electron chi connectivity index (χ0n) is 23.8. The fourth-order valence-corrected chi connectivity index (χ4v) is 5.17. The van der Waals surface area contributed by atoms with E-state index in [2.05, 4.69) is 56.1 Å². The third-order valence-corrected chi connectivity index (χ3v) is 7.60. The van der Waals surface area contributed by atoms with Crippen LogP contribution in [0.3, 0.4) is 0 Å². The number of hydrogen-bond acceptors (Lipinski definition) is 9. The molecule has 0 atom stereocenters. The molecule has 1 saturated heterocycles. The van der Waals surface area contributed by atoms with Crippen molar-refractivity contribution >= 4 is 41.3 Å². The molecule has 218 valence electrons. The topological polar surface area (TPSA) is 101 Å². The van der Waals surface area contributed by atoms with Crippen LogP contribution in [0.15, 0.2) is 101 Å². The third-order valence-electron chi connectivity index (χ3n) is 7.35. The fourth-order valence-electron chi connectivity index (χ4n) is 5.05. The Bertz CT molecular complexity index is 1650. The van der Waals surface area contributed by atoms with Gasteiger partial charge in [-0.2, -0.15) is 20.1 Å². The summed E-state index contributed by atoms with van der Waals surface area (Å²) in [6.45, 7) is 1.73. The number of methoxy groups -OCH3 is 1. The lowest BCUT2D eigenvalue weighted by atomic mass is 9.90. The third kappa shape index (κ3) is 7.50. The number of hydrogen-bond donors (Lipinski definition) is 2. The summed E-state index contributed by atoms with van der Waals surface area (Å²) >= 11 is 6.01. The summed E-state index contributed by atoms with van der Waals surface area (Å²) in [4.78, 5) is 16.2. The molecular weight excluding hydrogens is 562 g/mol. The summed E-state index contributed by atoms with van der Waals surface area (Å²) in [5.41, 5.74) is 6.10. The minimum absolute atomic E-state index is 0.327. The van der Waals surface area contributed by atoms with E-state index < -0.39 is 0 Å². The van der Waals surface area contributed by atoms with Crippen molar-refractivity contribution in [2.75, 3.05) is 35.8 Å². The normalized spacial score (nSPS) is 13.8.